The van der Waals surface area contributed by atoms with Gasteiger partial charge in [-0.1, -0.05) is 23.7 Å². The monoisotopic (exact) mass is 447 g/mol. The molecule has 3 aromatic rings. The van der Waals surface area contributed by atoms with Crippen molar-refractivity contribution in [2.45, 2.75) is 18.9 Å². The summed E-state index contributed by atoms with van der Waals surface area (Å²) < 4.78 is 9.75. The van der Waals surface area contributed by atoms with E-state index < -0.39 is 17.9 Å². The Kier molecular flexibility index (Phi) is 7.21. The number of esters is 1. The van der Waals surface area contributed by atoms with Crippen LogP contribution in [0.25, 0.3) is 0 Å². The lowest BCUT2D eigenvalue weighted by molar-refractivity contribution is -0.141. The number of thiazole rings is 1. The molecule has 2 amide bonds. The first-order valence-electron chi connectivity index (χ1n) is 8.85. The average molecular weight is 448 g/mol. The molecule has 0 spiro atoms. The van der Waals surface area contributed by atoms with Crippen LogP contribution in [0.3, 0.4) is 0 Å². The molecule has 0 aliphatic heterocycles. The molecule has 10 heteroatoms. The van der Waals surface area contributed by atoms with Crippen LogP contribution in [0.2, 0.25) is 5.02 Å². The smallest absolute Gasteiger partial charge is 0.307 e. The molecule has 0 saturated heterocycles. The van der Waals surface area contributed by atoms with Gasteiger partial charge in [0.2, 0.25) is 5.91 Å². The average Bonchev–Trinajstić information content (AvgIpc) is 3.40. The van der Waals surface area contributed by atoms with Crippen LogP contribution in [0.1, 0.15) is 34.3 Å². The van der Waals surface area contributed by atoms with Crippen LogP contribution in [0.4, 0.5) is 5.13 Å². The number of rotatable bonds is 8. The molecule has 0 bridgehead atoms. The highest BCUT2D eigenvalue weighted by molar-refractivity contribution is 7.14. The number of furan rings is 1. The number of hydrogen-bond acceptors (Lipinski definition) is 7. The fourth-order valence-corrected chi connectivity index (χ4v) is 3.45. The van der Waals surface area contributed by atoms with Gasteiger partial charge in [-0.2, -0.15) is 0 Å². The Hall–Kier alpha value is -3.17. The number of nitrogens with one attached hydrogen (secondary N) is 2. The predicted octanol–water partition coefficient (Wildman–Crippen LogP) is 3.60. The number of halogens is 1. The minimum absolute atomic E-state index is 0.0155. The van der Waals surface area contributed by atoms with Crippen LogP contribution in [-0.2, 0) is 20.7 Å². The normalized spacial score (nSPS) is 11.5. The summed E-state index contributed by atoms with van der Waals surface area (Å²) in [5.74, 6) is -1.04. The molecule has 156 valence electrons. The molecule has 2 aromatic heterocycles. The second kappa shape index (κ2) is 10.0. The largest absolute Gasteiger partial charge is 0.469 e. The van der Waals surface area contributed by atoms with E-state index >= 15 is 0 Å². The lowest BCUT2D eigenvalue weighted by atomic mass is 10.0. The summed E-state index contributed by atoms with van der Waals surface area (Å²) >= 11 is 7.11. The van der Waals surface area contributed by atoms with Gasteiger partial charge in [0.15, 0.2) is 10.9 Å². The molecule has 0 aliphatic rings. The number of hydrogen-bond donors (Lipinski definition) is 2. The number of benzene rings is 1. The van der Waals surface area contributed by atoms with Crippen molar-refractivity contribution in [2.75, 3.05) is 12.4 Å². The van der Waals surface area contributed by atoms with E-state index in [4.69, 9.17) is 20.8 Å². The molecule has 30 heavy (non-hydrogen) atoms. The minimum atomic E-state index is -0.570. The summed E-state index contributed by atoms with van der Waals surface area (Å²) in [4.78, 5) is 40.5. The highest BCUT2D eigenvalue weighted by Crippen LogP contribution is 2.21. The van der Waals surface area contributed by atoms with Gasteiger partial charge in [-0.15, -0.1) is 11.3 Å². The molecular formula is C20H18ClN3O5S. The zero-order chi connectivity index (χ0) is 21.5. The van der Waals surface area contributed by atoms with Crippen molar-refractivity contribution in [1.82, 2.24) is 10.3 Å². The van der Waals surface area contributed by atoms with Crippen molar-refractivity contribution < 1.29 is 23.5 Å². The van der Waals surface area contributed by atoms with Crippen LogP contribution < -0.4 is 10.6 Å². The number of methoxy groups -OCH3 is 1. The van der Waals surface area contributed by atoms with Crippen molar-refractivity contribution in [1.29, 1.82) is 0 Å². The first-order valence-corrected chi connectivity index (χ1v) is 10.1. The zero-order valence-electron chi connectivity index (χ0n) is 15.9. The van der Waals surface area contributed by atoms with E-state index in [1.165, 1.54) is 30.8 Å². The maximum atomic E-state index is 12.5. The highest BCUT2D eigenvalue weighted by atomic mass is 35.5. The van der Waals surface area contributed by atoms with Gasteiger partial charge in [0.25, 0.3) is 5.91 Å². The third kappa shape index (κ3) is 5.91. The molecule has 1 atom stereocenters. The van der Waals surface area contributed by atoms with Crippen LogP contribution in [0.15, 0.2) is 52.5 Å². The van der Waals surface area contributed by atoms with E-state index in [0.29, 0.717) is 15.8 Å². The first-order chi connectivity index (χ1) is 14.4. The molecule has 0 fully saturated rings. The van der Waals surface area contributed by atoms with E-state index in [1.54, 1.807) is 35.7 Å². The molecule has 0 aliphatic carbocycles. The van der Waals surface area contributed by atoms with E-state index in [2.05, 4.69) is 15.6 Å². The lowest BCUT2D eigenvalue weighted by Crippen LogP contribution is -2.31. The predicted molar refractivity (Wildman–Crippen MR) is 111 cm³/mol. The number of carbonyl (C=O) groups is 3. The summed E-state index contributed by atoms with van der Waals surface area (Å²) in [6.07, 6.45) is 1.36. The second-order valence-corrected chi connectivity index (χ2v) is 7.50. The van der Waals surface area contributed by atoms with E-state index in [1.807, 2.05) is 0 Å². The molecular weight excluding hydrogens is 430 g/mol. The third-order valence-corrected chi connectivity index (χ3v) is 5.12. The van der Waals surface area contributed by atoms with E-state index in [-0.39, 0.29) is 24.5 Å². The van der Waals surface area contributed by atoms with Crippen LogP contribution >= 0.6 is 22.9 Å². The van der Waals surface area contributed by atoms with E-state index in [0.717, 1.165) is 5.56 Å². The van der Waals surface area contributed by atoms with Crippen LogP contribution in [0, 0.1) is 0 Å². The fraction of sp³-hybridized carbons (Fsp3) is 0.200. The fourth-order valence-electron chi connectivity index (χ4n) is 2.62. The number of amides is 2. The van der Waals surface area contributed by atoms with Crippen molar-refractivity contribution in [2.24, 2.45) is 0 Å². The van der Waals surface area contributed by atoms with Gasteiger partial charge in [0.1, 0.15) is 0 Å². The summed E-state index contributed by atoms with van der Waals surface area (Å²) in [5.41, 5.74) is 1.21. The highest BCUT2D eigenvalue weighted by Gasteiger charge is 2.20. The Morgan fingerprint density at radius 2 is 2.00 bits per heavy atom. The number of ether oxygens (including phenoxy) is 1. The number of anilines is 1. The second-order valence-electron chi connectivity index (χ2n) is 6.20. The van der Waals surface area contributed by atoms with Crippen molar-refractivity contribution in [3.05, 3.63) is 70.1 Å². The molecule has 1 aromatic carbocycles. The Morgan fingerprint density at radius 1 is 1.23 bits per heavy atom. The number of aromatic nitrogens is 1. The van der Waals surface area contributed by atoms with Gasteiger partial charge in [0, 0.05) is 10.4 Å². The summed E-state index contributed by atoms with van der Waals surface area (Å²) in [6, 6.07) is 9.42. The Labute approximate surface area is 181 Å². The maximum absolute atomic E-state index is 12.5. The maximum Gasteiger partial charge on any atom is 0.307 e. The van der Waals surface area contributed by atoms with Gasteiger partial charge in [-0.25, -0.2) is 4.98 Å². The first kappa shape index (κ1) is 21.5. The molecule has 2 heterocycles. The minimum Gasteiger partial charge on any atom is -0.469 e. The van der Waals surface area contributed by atoms with Crippen LogP contribution in [-0.4, -0.2) is 29.9 Å². The van der Waals surface area contributed by atoms with E-state index in [9.17, 15) is 14.4 Å². The third-order valence-electron chi connectivity index (χ3n) is 4.06. The van der Waals surface area contributed by atoms with Crippen molar-refractivity contribution in [3.63, 3.8) is 0 Å². The van der Waals surface area contributed by atoms with Gasteiger partial charge < -0.3 is 14.5 Å². The van der Waals surface area contributed by atoms with Crippen LogP contribution in [0.5, 0.6) is 0 Å². The Bertz CT molecular complexity index is 1020. The van der Waals surface area contributed by atoms with Gasteiger partial charge >= 0.3 is 5.97 Å². The summed E-state index contributed by atoms with van der Waals surface area (Å²) in [6.45, 7) is 0. The summed E-state index contributed by atoms with van der Waals surface area (Å²) in [5, 5.41) is 8.01. The molecule has 3 rings (SSSR count). The Morgan fingerprint density at radius 3 is 2.67 bits per heavy atom. The van der Waals surface area contributed by atoms with Gasteiger partial charge in [-0.3, -0.25) is 19.7 Å². The quantitative estimate of drug-likeness (QED) is 0.510. The SMILES string of the molecule is COC(=O)CC(NC(=O)Cc1csc(NC(=O)c2ccco2)n1)c1ccc(Cl)cc1. The molecule has 2 N–H and O–H groups in total. The Balaban J connectivity index is 1.62. The number of carbonyl (C=O) groups excluding carboxylic acids is 3. The molecule has 8 nitrogen and oxygen atoms in total. The van der Waals surface area contributed by atoms with Crippen molar-refractivity contribution >= 4 is 45.9 Å². The molecule has 0 radical (unpaired) electrons. The molecule has 0 saturated carbocycles. The molecule has 1 unspecified atom stereocenters. The topological polar surface area (TPSA) is 111 Å². The van der Waals surface area contributed by atoms with Crippen molar-refractivity contribution in [3.8, 4) is 0 Å². The van der Waals surface area contributed by atoms with Gasteiger partial charge in [0.05, 0.1) is 38.0 Å². The zero-order valence-corrected chi connectivity index (χ0v) is 17.5. The van der Waals surface area contributed by atoms with Gasteiger partial charge in [-0.05, 0) is 29.8 Å². The summed E-state index contributed by atoms with van der Waals surface area (Å²) in [7, 11) is 1.29. The number of nitrogens with zero attached hydrogens (tertiary/aromatic N) is 1. The lowest BCUT2D eigenvalue weighted by Gasteiger charge is -2.18. The standard InChI is InChI=1S/C20H18ClN3O5S/c1-28-18(26)10-15(12-4-6-13(21)7-5-12)23-17(25)9-14-11-30-20(22-14)24-19(27)16-3-2-8-29-16/h2-8,11,15H,9-10H2,1H3,(H,23,25)(H,22,24,27).